The second-order valence-corrected chi connectivity index (χ2v) is 8.93. The Labute approximate surface area is 216 Å². The number of methoxy groups -OCH3 is 1. The van der Waals surface area contributed by atoms with Crippen LogP contribution in [0, 0.1) is 0 Å². The molecule has 1 fully saturated rings. The van der Waals surface area contributed by atoms with E-state index in [4.69, 9.17) is 9.47 Å². The maximum Gasteiger partial charge on any atom is 0.342 e. The lowest BCUT2D eigenvalue weighted by atomic mass is 10.00. The molecule has 1 unspecified atom stereocenters. The molecule has 1 atom stereocenters. The molecular weight excluding hydrogens is 478 g/mol. The maximum absolute atomic E-state index is 13.8. The van der Waals surface area contributed by atoms with Gasteiger partial charge in [-0.25, -0.2) is 19.6 Å². The number of rotatable bonds is 7. The molecule has 0 bridgehead atoms. The lowest BCUT2D eigenvalue weighted by Gasteiger charge is -2.39. The molecule has 11 heteroatoms. The van der Waals surface area contributed by atoms with Crippen molar-refractivity contribution in [3.63, 3.8) is 0 Å². The van der Waals surface area contributed by atoms with Gasteiger partial charge in [0.1, 0.15) is 17.8 Å². The van der Waals surface area contributed by atoms with Crippen LogP contribution in [0.3, 0.4) is 0 Å². The van der Waals surface area contributed by atoms with Crippen LogP contribution >= 0.6 is 0 Å². The number of hydrogen-bond donors (Lipinski definition) is 1. The number of nitrogens with one attached hydrogen (secondary N) is 1. The summed E-state index contributed by atoms with van der Waals surface area (Å²) < 4.78 is 9.83. The highest BCUT2D eigenvalue weighted by molar-refractivity contribution is 6.05. The highest BCUT2D eigenvalue weighted by atomic mass is 16.5. The fourth-order valence-electron chi connectivity index (χ4n) is 4.13. The number of ether oxygens (including phenoxy) is 2. The minimum atomic E-state index is -0.684. The number of hydrogen-bond acceptors (Lipinski definition) is 8. The molecule has 198 valence electrons. The van der Waals surface area contributed by atoms with Crippen molar-refractivity contribution in [1.29, 1.82) is 0 Å². The summed E-state index contributed by atoms with van der Waals surface area (Å²) in [6.45, 7) is 7.93. The number of amides is 3. The van der Waals surface area contributed by atoms with Crippen LogP contribution in [0.15, 0.2) is 30.3 Å². The van der Waals surface area contributed by atoms with Gasteiger partial charge in [0.2, 0.25) is 0 Å². The van der Waals surface area contributed by atoms with Gasteiger partial charge < -0.3 is 24.6 Å². The van der Waals surface area contributed by atoms with Crippen molar-refractivity contribution in [1.82, 2.24) is 25.1 Å². The van der Waals surface area contributed by atoms with Crippen LogP contribution < -0.4 is 5.32 Å². The minimum Gasteiger partial charge on any atom is -0.465 e. The highest BCUT2D eigenvalue weighted by Gasteiger charge is 2.35. The van der Waals surface area contributed by atoms with Crippen molar-refractivity contribution >= 4 is 23.9 Å². The van der Waals surface area contributed by atoms with Crippen molar-refractivity contribution in [2.75, 3.05) is 39.9 Å². The number of carbonyl (C=O) groups excluding carboxylic acids is 4. The number of aromatic nitrogens is 2. The topological polar surface area (TPSA) is 131 Å². The number of esters is 2. The number of urea groups is 1. The Balaban J connectivity index is 1.89. The van der Waals surface area contributed by atoms with E-state index >= 15 is 0 Å². The summed E-state index contributed by atoms with van der Waals surface area (Å²) in [5.74, 6) is -1.49. The molecule has 0 saturated carbocycles. The Morgan fingerprint density at radius 1 is 1.11 bits per heavy atom. The maximum atomic E-state index is 13.8. The van der Waals surface area contributed by atoms with Gasteiger partial charge in [0.25, 0.3) is 5.91 Å². The highest BCUT2D eigenvalue weighted by Crippen LogP contribution is 2.26. The van der Waals surface area contributed by atoms with Crippen molar-refractivity contribution in [3.05, 3.63) is 47.3 Å². The van der Waals surface area contributed by atoms with E-state index in [2.05, 4.69) is 15.3 Å². The van der Waals surface area contributed by atoms with Crippen LogP contribution in [0.25, 0.3) is 11.4 Å². The summed E-state index contributed by atoms with van der Waals surface area (Å²) in [5, 5.41) is 2.55. The lowest BCUT2D eigenvalue weighted by Crippen LogP contribution is -2.58. The smallest absolute Gasteiger partial charge is 0.342 e. The average Bonchev–Trinajstić information content (AvgIpc) is 2.90. The van der Waals surface area contributed by atoms with E-state index in [-0.39, 0.29) is 56.0 Å². The van der Waals surface area contributed by atoms with Gasteiger partial charge in [-0.15, -0.1) is 0 Å². The Morgan fingerprint density at radius 3 is 2.41 bits per heavy atom. The molecule has 1 aliphatic heterocycles. The normalized spacial score (nSPS) is 15.4. The monoisotopic (exact) mass is 511 g/mol. The van der Waals surface area contributed by atoms with E-state index in [0.29, 0.717) is 17.1 Å². The van der Waals surface area contributed by atoms with E-state index in [1.807, 2.05) is 44.2 Å². The van der Waals surface area contributed by atoms with E-state index in [1.165, 1.54) is 7.11 Å². The first-order valence-corrected chi connectivity index (χ1v) is 12.2. The summed E-state index contributed by atoms with van der Waals surface area (Å²) in [6, 6.07) is 8.46. The molecule has 11 nitrogen and oxygen atoms in total. The van der Waals surface area contributed by atoms with Gasteiger partial charge in [-0.3, -0.25) is 9.59 Å². The number of carbonyl (C=O) groups is 4. The molecule has 3 rings (SSSR count). The first-order chi connectivity index (χ1) is 17.7. The van der Waals surface area contributed by atoms with Crippen LogP contribution in [0.4, 0.5) is 4.79 Å². The van der Waals surface area contributed by atoms with Crippen LogP contribution in [0.1, 0.15) is 60.2 Å². The van der Waals surface area contributed by atoms with Crippen LogP contribution in [0.2, 0.25) is 0 Å². The fraction of sp³-hybridized carbons (Fsp3) is 0.462. The molecule has 1 aromatic heterocycles. The zero-order valence-electron chi connectivity index (χ0n) is 21.8. The molecule has 1 N–H and O–H groups in total. The molecule has 1 aliphatic rings. The predicted molar refractivity (Wildman–Crippen MR) is 135 cm³/mol. The summed E-state index contributed by atoms with van der Waals surface area (Å²) in [5.41, 5.74) is 1.15. The van der Waals surface area contributed by atoms with Crippen molar-refractivity contribution in [3.8, 4) is 11.4 Å². The third kappa shape index (κ3) is 6.41. The quantitative estimate of drug-likeness (QED) is 0.561. The second-order valence-electron chi connectivity index (χ2n) is 8.93. The van der Waals surface area contributed by atoms with E-state index in [0.717, 1.165) is 0 Å². The summed E-state index contributed by atoms with van der Waals surface area (Å²) in [7, 11) is 1.25. The van der Waals surface area contributed by atoms with Crippen molar-refractivity contribution in [2.45, 2.75) is 39.7 Å². The third-order valence-electron chi connectivity index (χ3n) is 5.97. The third-order valence-corrected chi connectivity index (χ3v) is 5.97. The van der Waals surface area contributed by atoms with Crippen molar-refractivity contribution in [2.24, 2.45) is 0 Å². The average molecular weight is 512 g/mol. The Hall–Kier alpha value is -4.02. The molecule has 1 aromatic carbocycles. The Bertz CT molecular complexity index is 1150. The standard InChI is InChI=1S/C26H33N5O6/c1-6-37-19(32)14-27-26(35)31-13-12-30(15-17(31)4)24(33)22-20(25(34)36-5)21(16(2)3)28-23(29-22)18-10-8-7-9-11-18/h7-11,16-17H,6,12-15H2,1-5H3,(H,27,35). The van der Waals surface area contributed by atoms with Gasteiger partial charge in [0.15, 0.2) is 5.82 Å². The van der Waals surface area contributed by atoms with Crippen LogP contribution in [-0.2, 0) is 14.3 Å². The molecule has 2 aromatic rings. The van der Waals surface area contributed by atoms with Gasteiger partial charge >= 0.3 is 18.0 Å². The van der Waals surface area contributed by atoms with Crippen LogP contribution in [0.5, 0.6) is 0 Å². The SMILES string of the molecule is CCOC(=O)CNC(=O)N1CCN(C(=O)c2nc(-c3ccccc3)nc(C(C)C)c2C(=O)OC)CC1C. The van der Waals surface area contributed by atoms with Crippen LogP contribution in [-0.4, -0.2) is 89.6 Å². The molecule has 2 heterocycles. The fourth-order valence-corrected chi connectivity index (χ4v) is 4.13. The van der Waals surface area contributed by atoms with Gasteiger partial charge in [-0.05, 0) is 19.8 Å². The summed E-state index contributed by atoms with van der Waals surface area (Å²) in [6.07, 6.45) is 0. The lowest BCUT2D eigenvalue weighted by molar-refractivity contribution is -0.141. The first kappa shape index (κ1) is 27.6. The van der Waals surface area contributed by atoms with Gasteiger partial charge in [-0.1, -0.05) is 44.2 Å². The minimum absolute atomic E-state index is 0.0307. The predicted octanol–water partition coefficient (Wildman–Crippen LogP) is 2.47. The molecule has 37 heavy (non-hydrogen) atoms. The molecule has 3 amide bonds. The van der Waals surface area contributed by atoms with E-state index in [9.17, 15) is 19.2 Å². The van der Waals surface area contributed by atoms with E-state index < -0.39 is 23.9 Å². The summed E-state index contributed by atoms with van der Waals surface area (Å²) in [4.78, 5) is 63.0. The van der Waals surface area contributed by atoms with Gasteiger partial charge in [0, 0.05) is 31.2 Å². The molecule has 0 radical (unpaired) electrons. The zero-order valence-corrected chi connectivity index (χ0v) is 21.8. The number of nitrogens with zero attached hydrogens (tertiary/aromatic N) is 4. The number of piperazine rings is 1. The van der Waals surface area contributed by atoms with E-state index in [1.54, 1.807) is 23.6 Å². The molecule has 1 saturated heterocycles. The van der Waals surface area contributed by atoms with Crippen molar-refractivity contribution < 1.29 is 28.7 Å². The number of benzene rings is 1. The van der Waals surface area contributed by atoms with Gasteiger partial charge in [0.05, 0.1) is 19.4 Å². The molecule has 0 aliphatic carbocycles. The Kier molecular flexibility index (Phi) is 9.15. The van der Waals surface area contributed by atoms with Gasteiger partial charge in [-0.2, -0.15) is 0 Å². The summed E-state index contributed by atoms with van der Waals surface area (Å²) >= 11 is 0. The first-order valence-electron chi connectivity index (χ1n) is 12.2. The molecular formula is C26H33N5O6. The largest absolute Gasteiger partial charge is 0.465 e. The second kappa shape index (κ2) is 12.3. The Morgan fingerprint density at radius 2 is 1.81 bits per heavy atom. The zero-order chi connectivity index (χ0) is 27.1. The molecule has 0 spiro atoms.